The van der Waals surface area contributed by atoms with Crippen molar-refractivity contribution in [2.45, 2.75) is 46.3 Å². The molecule has 0 bridgehead atoms. The molecule has 6 nitrogen and oxygen atoms in total. The highest BCUT2D eigenvalue weighted by molar-refractivity contribution is 6.46. The maximum Gasteiger partial charge on any atom is 0.295 e. The lowest BCUT2D eigenvalue weighted by atomic mass is 9.93. The number of ketones is 1. The average Bonchev–Trinajstić information content (AvgIpc) is 3.01. The van der Waals surface area contributed by atoms with E-state index in [2.05, 4.69) is 0 Å². The topological polar surface area (TPSA) is 76.1 Å². The Morgan fingerprint density at radius 3 is 2.42 bits per heavy atom. The average molecular weight is 456 g/mol. The van der Waals surface area contributed by atoms with Gasteiger partial charge in [-0.05, 0) is 69.0 Å². The van der Waals surface area contributed by atoms with Crippen molar-refractivity contribution in [2.75, 3.05) is 20.3 Å². The molecule has 0 radical (unpaired) electrons. The normalized spacial score (nSPS) is 17.8. The Labute approximate surface area is 193 Å². The van der Waals surface area contributed by atoms with Crippen molar-refractivity contribution in [3.8, 4) is 5.75 Å². The lowest BCUT2D eigenvalue weighted by Gasteiger charge is -2.25. The minimum Gasteiger partial charge on any atom is -0.507 e. The maximum absolute atomic E-state index is 13.6. The summed E-state index contributed by atoms with van der Waals surface area (Å²) in [6.07, 6.45) is 0.556. The molecule has 176 valence electrons. The van der Waals surface area contributed by atoms with Crippen molar-refractivity contribution in [3.63, 3.8) is 0 Å². The van der Waals surface area contributed by atoms with Gasteiger partial charge in [0.25, 0.3) is 11.7 Å². The highest BCUT2D eigenvalue weighted by Crippen LogP contribution is 2.41. The molecule has 3 rings (SSSR count). The number of aryl methyl sites for hydroxylation is 2. The molecule has 0 aromatic heterocycles. The fourth-order valence-corrected chi connectivity index (χ4v) is 4.20. The first-order valence-electron chi connectivity index (χ1n) is 11.0. The number of carbonyl (C=O) groups excluding carboxylic acids is 2. The van der Waals surface area contributed by atoms with Gasteiger partial charge in [0.2, 0.25) is 0 Å². The Morgan fingerprint density at radius 2 is 1.82 bits per heavy atom. The number of nitrogens with zero attached hydrogens (tertiary/aromatic N) is 1. The molecule has 0 saturated carbocycles. The summed E-state index contributed by atoms with van der Waals surface area (Å²) in [5, 5.41) is 11.3. The lowest BCUT2D eigenvalue weighted by molar-refractivity contribution is -0.140. The van der Waals surface area contributed by atoms with Crippen LogP contribution >= 0.6 is 0 Å². The molecule has 2 aromatic rings. The van der Waals surface area contributed by atoms with E-state index in [1.165, 1.54) is 36.3 Å². The monoisotopic (exact) mass is 455 g/mol. The van der Waals surface area contributed by atoms with E-state index in [4.69, 9.17) is 9.47 Å². The van der Waals surface area contributed by atoms with Crippen molar-refractivity contribution in [1.82, 2.24) is 4.90 Å². The molecule has 1 heterocycles. The summed E-state index contributed by atoms with van der Waals surface area (Å²) >= 11 is 0. The van der Waals surface area contributed by atoms with Crippen molar-refractivity contribution in [1.29, 1.82) is 0 Å². The van der Waals surface area contributed by atoms with Crippen LogP contribution in [0.1, 0.15) is 48.6 Å². The van der Waals surface area contributed by atoms with Crippen molar-refractivity contribution in [2.24, 2.45) is 0 Å². The van der Waals surface area contributed by atoms with E-state index in [9.17, 15) is 19.1 Å². The number of rotatable bonds is 8. The number of Topliss-reactive ketones (excluding diaryl/α,β-unsaturated/α-hetero) is 1. The largest absolute Gasteiger partial charge is 0.507 e. The Hall–Kier alpha value is -3.19. The molecule has 7 heteroatoms. The molecule has 0 aliphatic carbocycles. The van der Waals surface area contributed by atoms with Crippen LogP contribution in [0.5, 0.6) is 5.75 Å². The van der Waals surface area contributed by atoms with E-state index in [1.54, 1.807) is 6.07 Å². The summed E-state index contributed by atoms with van der Waals surface area (Å²) in [6.45, 7) is 8.22. The number of benzene rings is 2. The Bertz CT molecular complexity index is 1070. The van der Waals surface area contributed by atoms with E-state index in [0.717, 1.165) is 11.1 Å². The van der Waals surface area contributed by atoms with Gasteiger partial charge in [-0.2, -0.15) is 0 Å². The van der Waals surface area contributed by atoms with Gasteiger partial charge in [-0.3, -0.25) is 9.59 Å². The summed E-state index contributed by atoms with van der Waals surface area (Å²) in [5.41, 5.74) is 2.49. The molecular formula is C26H30FNO5. The number of ether oxygens (including phenoxy) is 2. The third-order valence-electron chi connectivity index (χ3n) is 5.60. The zero-order valence-corrected chi connectivity index (χ0v) is 19.6. The summed E-state index contributed by atoms with van der Waals surface area (Å²) < 4.78 is 24.7. The number of likely N-dealkylation sites (tertiary alicyclic amines) is 1. The SMILES string of the molecule is COc1c(C)cc(C)cc1/C(O)=C1\C(=O)C(=O)N(CCCOC(C)C)C1c1ccc(F)cc1. The van der Waals surface area contributed by atoms with Gasteiger partial charge in [-0.25, -0.2) is 4.39 Å². The molecule has 2 aromatic carbocycles. The van der Waals surface area contributed by atoms with Crippen LogP contribution in [0.4, 0.5) is 4.39 Å². The van der Waals surface area contributed by atoms with Crippen molar-refractivity contribution < 1.29 is 28.6 Å². The van der Waals surface area contributed by atoms with E-state index in [0.29, 0.717) is 29.9 Å². The lowest BCUT2D eigenvalue weighted by Crippen LogP contribution is -2.31. The van der Waals surface area contributed by atoms with Crippen LogP contribution in [0.3, 0.4) is 0 Å². The number of carbonyl (C=O) groups is 2. The van der Waals surface area contributed by atoms with Gasteiger partial charge in [0, 0.05) is 13.2 Å². The van der Waals surface area contributed by atoms with Crippen LogP contribution in [0.25, 0.3) is 5.76 Å². The number of hydrogen-bond acceptors (Lipinski definition) is 5. The van der Waals surface area contributed by atoms with Crippen LogP contribution in [0.15, 0.2) is 42.0 Å². The minimum atomic E-state index is -0.852. The zero-order chi connectivity index (χ0) is 24.3. The molecule has 1 unspecified atom stereocenters. The van der Waals surface area contributed by atoms with Crippen LogP contribution in [-0.2, 0) is 14.3 Å². The van der Waals surface area contributed by atoms with Crippen LogP contribution in [-0.4, -0.2) is 48.1 Å². The van der Waals surface area contributed by atoms with Gasteiger partial charge >= 0.3 is 0 Å². The van der Waals surface area contributed by atoms with Gasteiger partial charge in [0.1, 0.15) is 17.3 Å². The molecule has 1 aliphatic rings. The summed E-state index contributed by atoms with van der Waals surface area (Å²) in [4.78, 5) is 27.6. The number of aliphatic hydroxyl groups excluding tert-OH is 1. The molecular weight excluding hydrogens is 425 g/mol. The number of hydrogen-bond donors (Lipinski definition) is 1. The molecule has 1 amide bonds. The quantitative estimate of drug-likeness (QED) is 0.271. The Kier molecular flexibility index (Phi) is 7.53. The second kappa shape index (κ2) is 10.2. The zero-order valence-electron chi connectivity index (χ0n) is 19.6. The third-order valence-corrected chi connectivity index (χ3v) is 5.60. The van der Waals surface area contributed by atoms with E-state index in [1.807, 2.05) is 33.8 Å². The summed E-state index contributed by atoms with van der Waals surface area (Å²) in [5.74, 6) is -1.82. The fraction of sp³-hybridized carbons (Fsp3) is 0.385. The minimum absolute atomic E-state index is 0.0420. The number of methoxy groups -OCH3 is 1. The number of halogens is 1. The first kappa shape index (κ1) is 24.5. The second-order valence-corrected chi connectivity index (χ2v) is 8.48. The molecule has 1 atom stereocenters. The Morgan fingerprint density at radius 1 is 1.15 bits per heavy atom. The molecule has 1 aliphatic heterocycles. The summed E-state index contributed by atoms with van der Waals surface area (Å²) in [7, 11) is 1.49. The van der Waals surface area contributed by atoms with E-state index in [-0.39, 0.29) is 24.0 Å². The van der Waals surface area contributed by atoms with Crippen LogP contribution in [0, 0.1) is 19.7 Å². The molecule has 1 fully saturated rings. The van der Waals surface area contributed by atoms with Gasteiger partial charge in [-0.1, -0.05) is 18.2 Å². The Balaban J connectivity index is 2.13. The standard InChI is InChI=1S/C26H30FNO5/c1-15(2)33-12-6-11-28-22(18-7-9-19(27)10-8-18)21(24(30)26(28)31)23(29)20-14-16(3)13-17(4)25(20)32-5/h7-10,13-15,22,29H,6,11-12H2,1-5H3/b23-21+. The molecule has 0 spiro atoms. The van der Waals surface area contributed by atoms with Gasteiger partial charge in [0.05, 0.1) is 30.4 Å². The van der Waals surface area contributed by atoms with Gasteiger partial charge in [0.15, 0.2) is 0 Å². The van der Waals surface area contributed by atoms with E-state index < -0.39 is 23.5 Å². The molecule has 33 heavy (non-hydrogen) atoms. The summed E-state index contributed by atoms with van der Waals surface area (Å²) in [6, 6.07) is 8.36. The van der Waals surface area contributed by atoms with E-state index >= 15 is 0 Å². The highest BCUT2D eigenvalue weighted by Gasteiger charge is 2.46. The van der Waals surface area contributed by atoms with Gasteiger partial charge in [-0.15, -0.1) is 0 Å². The first-order valence-corrected chi connectivity index (χ1v) is 11.0. The smallest absolute Gasteiger partial charge is 0.295 e. The fourth-order valence-electron chi connectivity index (χ4n) is 4.20. The van der Waals surface area contributed by atoms with Crippen LogP contribution < -0.4 is 4.74 Å². The van der Waals surface area contributed by atoms with Gasteiger partial charge < -0.3 is 19.5 Å². The molecule has 1 saturated heterocycles. The predicted octanol–water partition coefficient (Wildman–Crippen LogP) is 4.69. The highest BCUT2D eigenvalue weighted by atomic mass is 19.1. The number of aliphatic hydroxyl groups is 1. The molecule has 1 N–H and O–H groups in total. The predicted molar refractivity (Wildman–Crippen MR) is 124 cm³/mol. The third kappa shape index (κ3) is 5.09. The van der Waals surface area contributed by atoms with Crippen molar-refractivity contribution in [3.05, 3.63) is 70.0 Å². The van der Waals surface area contributed by atoms with Crippen LogP contribution in [0.2, 0.25) is 0 Å². The maximum atomic E-state index is 13.6. The van der Waals surface area contributed by atoms with Crippen molar-refractivity contribution >= 4 is 17.4 Å². The first-order chi connectivity index (χ1) is 15.6. The second-order valence-electron chi connectivity index (χ2n) is 8.48. The number of amides is 1.